The third-order valence-corrected chi connectivity index (χ3v) is 3.33. The zero-order valence-electron chi connectivity index (χ0n) is 10.5. The Morgan fingerprint density at radius 2 is 2.17 bits per heavy atom. The number of aliphatic carboxylic acids is 1. The summed E-state index contributed by atoms with van der Waals surface area (Å²) in [6.07, 6.45) is 4.28. The van der Waals surface area contributed by atoms with Crippen LogP contribution in [0.15, 0.2) is 6.20 Å². The molecule has 0 saturated heterocycles. The molecule has 0 amide bonds. The zero-order valence-corrected chi connectivity index (χ0v) is 10.5. The maximum atomic E-state index is 10.9. The van der Waals surface area contributed by atoms with Crippen molar-refractivity contribution in [1.82, 2.24) is 14.5 Å². The van der Waals surface area contributed by atoms with Gasteiger partial charge in [0.25, 0.3) is 0 Å². The maximum absolute atomic E-state index is 10.9. The number of hydrogen-bond acceptors (Lipinski definition) is 3. The van der Waals surface area contributed by atoms with Crippen molar-refractivity contribution in [3.05, 3.63) is 23.3 Å². The summed E-state index contributed by atoms with van der Waals surface area (Å²) in [7, 11) is 0. The molecule has 2 aromatic rings. The van der Waals surface area contributed by atoms with Crippen LogP contribution in [0, 0.1) is 13.8 Å². The summed E-state index contributed by atoms with van der Waals surface area (Å²) >= 11 is 0. The molecule has 0 radical (unpaired) electrons. The average Bonchev–Trinajstić information content (AvgIpc) is 3.02. The van der Waals surface area contributed by atoms with Gasteiger partial charge in [-0.1, -0.05) is 0 Å². The predicted octanol–water partition coefficient (Wildman–Crippen LogP) is 2.01. The van der Waals surface area contributed by atoms with E-state index in [-0.39, 0.29) is 6.42 Å². The molecule has 0 atom stereocenters. The van der Waals surface area contributed by atoms with Crippen molar-refractivity contribution in [3.8, 4) is 0 Å². The Morgan fingerprint density at radius 3 is 2.78 bits per heavy atom. The summed E-state index contributed by atoms with van der Waals surface area (Å²) in [6.45, 7) is 3.78. The van der Waals surface area contributed by atoms with Crippen LogP contribution in [0.1, 0.15) is 36.0 Å². The topological polar surface area (TPSA) is 68.0 Å². The van der Waals surface area contributed by atoms with E-state index in [0.29, 0.717) is 6.04 Å². The first kappa shape index (κ1) is 11.2. The van der Waals surface area contributed by atoms with Gasteiger partial charge in [-0.2, -0.15) is 0 Å². The van der Waals surface area contributed by atoms with Gasteiger partial charge in [-0.25, -0.2) is 9.97 Å². The van der Waals surface area contributed by atoms with Crippen LogP contribution in [0.5, 0.6) is 0 Å². The Bertz CT molecular complexity index is 641. The highest BCUT2D eigenvalue weighted by Gasteiger charge is 2.27. The SMILES string of the molecule is Cc1nc(C)c2c(CC(=O)O)cn(C3CC3)c2n1. The van der Waals surface area contributed by atoms with E-state index in [1.165, 1.54) is 0 Å². The number of nitrogens with zero attached hydrogens (tertiary/aromatic N) is 3. The smallest absolute Gasteiger partial charge is 0.307 e. The van der Waals surface area contributed by atoms with E-state index in [1.807, 2.05) is 20.0 Å². The van der Waals surface area contributed by atoms with Crippen LogP contribution in [0.4, 0.5) is 0 Å². The van der Waals surface area contributed by atoms with Gasteiger partial charge >= 0.3 is 5.97 Å². The van der Waals surface area contributed by atoms with Gasteiger partial charge in [0.05, 0.1) is 12.1 Å². The minimum Gasteiger partial charge on any atom is -0.481 e. The van der Waals surface area contributed by atoms with Crippen molar-refractivity contribution in [2.75, 3.05) is 0 Å². The Labute approximate surface area is 104 Å². The minimum absolute atomic E-state index is 0.0312. The quantitative estimate of drug-likeness (QED) is 0.898. The second-order valence-electron chi connectivity index (χ2n) is 4.92. The lowest BCUT2D eigenvalue weighted by Gasteiger charge is -2.03. The summed E-state index contributed by atoms with van der Waals surface area (Å²) in [5.41, 5.74) is 2.58. The number of carbonyl (C=O) groups is 1. The molecule has 0 spiro atoms. The monoisotopic (exact) mass is 245 g/mol. The zero-order chi connectivity index (χ0) is 12.9. The molecule has 3 rings (SSSR count). The van der Waals surface area contributed by atoms with Crippen molar-refractivity contribution < 1.29 is 9.90 Å². The van der Waals surface area contributed by atoms with E-state index in [4.69, 9.17) is 5.11 Å². The number of hydrogen-bond donors (Lipinski definition) is 1. The van der Waals surface area contributed by atoms with Crippen LogP contribution in [0.3, 0.4) is 0 Å². The van der Waals surface area contributed by atoms with Crippen molar-refractivity contribution in [3.63, 3.8) is 0 Å². The molecule has 1 saturated carbocycles. The second-order valence-corrected chi connectivity index (χ2v) is 4.92. The van der Waals surface area contributed by atoms with E-state index in [9.17, 15) is 4.79 Å². The summed E-state index contributed by atoms with van der Waals surface area (Å²) in [5.74, 6) is -0.0771. The van der Waals surface area contributed by atoms with Gasteiger partial charge in [0, 0.05) is 17.6 Å². The fourth-order valence-electron chi connectivity index (χ4n) is 2.48. The molecule has 18 heavy (non-hydrogen) atoms. The predicted molar refractivity (Wildman–Crippen MR) is 66.6 cm³/mol. The van der Waals surface area contributed by atoms with E-state index in [1.54, 1.807) is 0 Å². The molecule has 94 valence electrons. The van der Waals surface area contributed by atoms with E-state index in [0.717, 1.165) is 41.0 Å². The molecule has 0 aliphatic heterocycles. The molecule has 2 aromatic heterocycles. The number of carboxylic acid groups (broad SMARTS) is 1. The lowest BCUT2D eigenvalue weighted by atomic mass is 10.1. The standard InChI is InChI=1S/C13H15N3O2/c1-7-12-9(5-11(17)18)6-16(10-3-4-10)13(12)15-8(2)14-7/h6,10H,3-5H2,1-2H3,(H,17,18). The van der Waals surface area contributed by atoms with Gasteiger partial charge in [0.15, 0.2) is 0 Å². The number of fused-ring (bicyclic) bond motifs is 1. The summed E-state index contributed by atoms with van der Waals surface area (Å²) in [5, 5.41) is 9.90. The Balaban J connectivity index is 2.26. The third-order valence-electron chi connectivity index (χ3n) is 3.33. The van der Waals surface area contributed by atoms with E-state index < -0.39 is 5.97 Å². The number of aromatic nitrogens is 3. The molecule has 1 fully saturated rings. The molecule has 0 unspecified atom stereocenters. The minimum atomic E-state index is -0.815. The molecule has 1 aliphatic carbocycles. The fourth-order valence-corrected chi connectivity index (χ4v) is 2.48. The average molecular weight is 245 g/mol. The number of aryl methyl sites for hydroxylation is 2. The van der Waals surface area contributed by atoms with Gasteiger partial charge < -0.3 is 9.67 Å². The van der Waals surface area contributed by atoms with Gasteiger partial charge in [-0.05, 0) is 32.3 Å². The lowest BCUT2D eigenvalue weighted by molar-refractivity contribution is -0.136. The van der Waals surface area contributed by atoms with Crippen LogP contribution < -0.4 is 0 Å². The van der Waals surface area contributed by atoms with Crippen LogP contribution in [0.2, 0.25) is 0 Å². The van der Waals surface area contributed by atoms with E-state index in [2.05, 4.69) is 14.5 Å². The highest BCUT2D eigenvalue weighted by Crippen LogP contribution is 2.39. The van der Waals surface area contributed by atoms with Crippen molar-refractivity contribution in [2.24, 2.45) is 0 Å². The molecule has 1 aliphatic rings. The highest BCUT2D eigenvalue weighted by atomic mass is 16.4. The Morgan fingerprint density at radius 1 is 1.44 bits per heavy atom. The van der Waals surface area contributed by atoms with Gasteiger partial charge in [0.1, 0.15) is 11.5 Å². The number of rotatable bonds is 3. The Kier molecular flexibility index (Phi) is 2.36. The largest absolute Gasteiger partial charge is 0.481 e. The highest BCUT2D eigenvalue weighted by molar-refractivity contribution is 5.87. The maximum Gasteiger partial charge on any atom is 0.307 e. The van der Waals surface area contributed by atoms with Crippen molar-refractivity contribution in [1.29, 1.82) is 0 Å². The fraction of sp³-hybridized carbons (Fsp3) is 0.462. The van der Waals surface area contributed by atoms with Crippen LogP contribution >= 0.6 is 0 Å². The molecule has 5 heteroatoms. The molecule has 2 heterocycles. The lowest BCUT2D eigenvalue weighted by Crippen LogP contribution is -2.00. The first-order valence-electron chi connectivity index (χ1n) is 6.12. The molecular formula is C13H15N3O2. The molecule has 0 bridgehead atoms. The molecular weight excluding hydrogens is 230 g/mol. The molecule has 5 nitrogen and oxygen atoms in total. The Hall–Kier alpha value is -1.91. The van der Waals surface area contributed by atoms with E-state index >= 15 is 0 Å². The van der Waals surface area contributed by atoms with Crippen LogP contribution in [-0.2, 0) is 11.2 Å². The summed E-state index contributed by atoms with van der Waals surface area (Å²) < 4.78 is 2.12. The van der Waals surface area contributed by atoms with Gasteiger partial charge in [-0.15, -0.1) is 0 Å². The van der Waals surface area contributed by atoms with Gasteiger partial charge in [-0.3, -0.25) is 4.79 Å². The molecule has 1 N–H and O–H groups in total. The first-order valence-corrected chi connectivity index (χ1v) is 6.12. The third kappa shape index (κ3) is 1.75. The summed E-state index contributed by atoms with van der Waals surface area (Å²) in [6, 6.07) is 0.490. The second kappa shape index (κ2) is 3.80. The number of carboxylic acids is 1. The summed E-state index contributed by atoms with van der Waals surface area (Å²) in [4.78, 5) is 19.8. The van der Waals surface area contributed by atoms with Crippen LogP contribution in [-0.4, -0.2) is 25.6 Å². The van der Waals surface area contributed by atoms with Gasteiger partial charge in [0.2, 0.25) is 0 Å². The van der Waals surface area contributed by atoms with Crippen LogP contribution in [0.25, 0.3) is 11.0 Å². The van der Waals surface area contributed by atoms with Crippen molar-refractivity contribution >= 4 is 17.0 Å². The first-order chi connectivity index (χ1) is 8.56. The molecule has 0 aromatic carbocycles. The normalized spacial score (nSPS) is 15.2. The van der Waals surface area contributed by atoms with Crippen molar-refractivity contribution in [2.45, 2.75) is 39.2 Å².